The van der Waals surface area contributed by atoms with Crippen molar-refractivity contribution in [3.05, 3.63) is 222 Å². The molecule has 0 radical (unpaired) electrons. The normalized spacial score (nSPS) is 21.7. The fourth-order valence-electron chi connectivity index (χ4n) is 12.1. The van der Waals surface area contributed by atoms with Crippen molar-refractivity contribution >= 4 is 17.1 Å². The standard InChI is InChI=1S/C57H45N/c1-56(41-17-6-3-7-18-41)50-23-11-8-19-45(50)46-34-33-44(36-53(46)56)58(43-31-28-40(29-32-43)39-15-4-2-5-16-39)54-26-13-10-20-47(54)48-22-14-25-52-55(48)49-21-9-12-24-51(49)57(52)37-38-27-30-42(57)35-38/h2-26,28-29,31-34,36,38,42H,27,30,35,37H2,1H3. The first kappa shape index (κ1) is 33.7. The molecule has 4 atom stereocenters. The van der Waals surface area contributed by atoms with Crippen LogP contribution in [0.15, 0.2) is 194 Å². The van der Waals surface area contributed by atoms with Gasteiger partial charge in [0.05, 0.1) is 5.69 Å². The molecule has 0 amide bonds. The van der Waals surface area contributed by atoms with Crippen molar-refractivity contribution in [3.63, 3.8) is 0 Å². The van der Waals surface area contributed by atoms with Crippen LogP contribution in [0.25, 0.3) is 44.5 Å². The van der Waals surface area contributed by atoms with Crippen LogP contribution < -0.4 is 4.90 Å². The van der Waals surface area contributed by atoms with Crippen LogP contribution in [0.1, 0.15) is 60.4 Å². The molecule has 4 aliphatic carbocycles. The summed E-state index contributed by atoms with van der Waals surface area (Å²) in [5, 5.41) is 0. The molecular weight excluding hydrogens is 699 g/mol. The van der Waals surface area contributed by atoms with Crippen molar-refractivity contribution in [2.24, 2.45) is 11.8 Å². The van der Waals surface area contributed by atoms with E-state index in [0.717, 1.165) is 23.2 Å². The summed E-state index contributed by atoms with van der Waals surface area (Å²) in [6.45, 7) is 2.42. The van der Waals surface area contributed by atoms with Crippen LogP contribution >= 0.6 is 0 Å². The maximum atomic E-state index is 2.52. The zero-order valence-corrected chi connectivity index (χ0v) is 32.9. The first-order chi connectivity index (χ1) is 28.6. The van der Waals surface area contributed by atoms with Gasteiger partial charge in [-0.15, -0.1) is 0 Å². The molecule has 0 N–H and O–H groups in total. The van der Waals surface area contributed by atoms with Gasteiger partial charge in [0, 0.05) is 27.8 Å². The summed E-state index contributed by atoms with van der Waals surface area (Å²) in [5.74, 6) is 1.56. The highest BCUT2D eigenvalue weighted by Crippen LogP contribution is 2.67. The lowest BCUT2D eigenvalue weighted by molar-refractivity contribution is 0.327. The molecule has 0 aromatic heterocycles. The van der Waals surface area contributed by atoms with Crippen molar-refractivity contribution in [1.82, 2.24) is 0 Å². The molecule has 278 valence electrons. The van der Waals surface area contributed by atoms with E-state index in [-0.39, 0.29) is 10.8 Å². The molecular formula is C57H45N. The highest BCUT2D eigenvalue weighted by Gasteiger charge is 2.57. The molecule has 8 aromatic carbocycles. The lowest BCUT2D eigenvalue weighted by Gasteiger charge is -2.36. The van der Waals surface area contributed by atoms with Crippen LogP contribution in [-0.2, 0) is 10.8 Å². The Morgan fingerprint density at radius 1 is 0.448 bits per heavy atom. The average Bonchev–Trinajstić information content (AvgIpc) is 4.05. The minimum atomic E-state index is -0.301. The fraction of sp³-hybridized carbons (Fsp3) is 0.158. The van der Waals surface area contributed by atoms with Gasteiger partial charge in [-0.2, -0.15) is 0 Å². The Morgan fingerprint density at radius 3 is 1.81 bits per heavy atom. The second-order valence-electron chi connectivity index (χ2n) is 17.4. The third-order valence-corrected chi connectivity index (χ3v) is 14.6. The predicted octanol–water partition coefficient (Wildman–Crippen LogP) is 14.9. The third kappa shape index (κ3) is 4.71. The maximum absolute atomic E-state index is 2.52. The number of fused-ring (bicyclic) bond motifs is 11. The SMILES string of the molecule is CC1(c2ccccc2)c2ccccc2-c2ccc(N(c3ccc(-c4ccccc4)cc3)c3ccccc3-c3cccc4c3-c3ccccc3C43CC4CCC3C4)cc21. The van der Waals surface area contributed by atoms with E-state index in [2.05, 4.69) is 206 Å². The lowest BCUT2D eigenvalue weighted by atomic mass is 9.66. The Bertz CT molecular complexity index is 2870. The van der Waals surface area contributed by atoms with Gasteiger partial charge in [-0.25, -0.2) is 0 Å². The molecule has 1 nitrogen and oxygen atoms in total. The smallest absolute Gasteiger partial charge is 0.0540 e. The van der Waals surface area contributed by atoms with Crippen molar-refractivity contribution in [3.8, 4) is 44.5 Å². The van der Waals surface area contributed by atoms with Gasteiger partial charge in [0.25, 0.3) is 0 Å². The molecule has 0 aliphatic heterocycles. The largest absolute Gasteiger partial charge is 0.310 e. The first-order valence-electron chi connectivity index (χ1n) is 21.2. The van der Waals surface area contributed by atoms with Gasteiger partial charge in [-0.3, -0.25) is 0 Å². The average molecular weight is 744 g/mol. The molecule has 12 rings (SSSR count). The highest BCUT2D eigenvalue weighted by molar-refractivity contribution is 5.99. The molecule has 2 saturated carbocycles. The van der Waals surface area contributed by atoms with Crippen LogP contribution in [0.5, 0.6) is 0 Å². The van der Waals surface area contributed by atoms with Crippen molar-refractivity contribution in [1.29, 1.82) is 0 Å². The van der Waals surface area contributed by atoms with Crippen LogP contribution in [0.3, 0.4) is 0 Å². The Hall–Kier alpha value is -6.44. The molecule has 4 aliphatic rings. The summed E-state index contributed by atoms with van der Waals surface area (Å²) in [6.07, 6.45) is 5.38. The summed E-state index contributed by atoms with van der Waals surface area (Å²) in [7, 11) is 0. The summed E-state index contributed by atoms with van der Waals surface area (Å²) < 4.78 is 0. The summed E-state index contributed by atoms with van der Waals surface area (Å²) in [6, 6.07) is 73.0. The summed E-state index contributed by atoms with van der Waals surface area (Å²) >= 11 is 0. The van der Waals surface area contributed by atoms with E-state index >= 15 is 0 Å². The molecule has 2 bridgehead atoms. The van der Waals surface area contributed by atoms with E-state index in [1.54, 1.807) is 11.1 Å². The van der Waals surface area contributed by atoms with Gasteiger partial charge in [-0.05, 0) is 135 Å². The number of nitrogens with zero attached hydrogens (tertiary/aromatic N) is 1. The number of anilines is 3. The zero-order valence-electron chi connectivity index (χ0n) is 32.9. The number of para-hydroxylation sites is 1. The predicted molar refractivity (Wildman–Crippen MR) is 241 cm³/mol. The molecule has 58 heavy (non-hydrogen) atoms. The van der Waals surface area contributed by atoms with E-state index < -0.39 is 0 Å². The van der Waals surface area contributed by atoms with Crippen LogP contribution in [0, 0.1) is 11.8 Å². The molecule has 2 fully saturated rings. The number of hydrogen-bond acceptors (Lipinski definition) is 1. The van der Waals surface area contributed by atoms with Crippen molar-refractivity contribution < 1.29 is 0 Å². The van der Waals surface area contributed by atoms with Gasteiger partial charge < -0.3 is 4.90 Å². The van der Waals surface area contributed by atoms with E-state index in [0.29, 0.717) is 0 Å². The molecule has 8 aromatic rings. The Morgan fingerprint density at radius 2 is 1.05 bits per heavy atom. The fourth-order valence-corrected chi connectivity index (χ4v) is 12.1. The number of rotatable bonds is 6. The Balaban J connectivity index is 1.08. The molecule has 1 heteroatoms. The summed E-state index contributed by atoms with van der Waals surface area (Å²) in [4.78, 5) is 2.52. The molecule has 4 unspecified atom stereocenters. The van der Waals surface area contributed by atoms with Crippen molar-refractivity contribution in [2.75, 3.05) is 4.90 Å². The number of hydrogen-bond donors (Lipinski definition) is 0. The highest BCUT2D eigenvalue weighted by atomic mass is 15.1. The molecule has 0 heterocycles. The van der Waals surface area contributed by atoms with E-state index in [1.165, 1.54) is 92.6 Å². The van der Waals surface area contributed by atoms with Gasteiger partial charge in [0.1, 0.15) is 0 Å². The topological polar surface area (TPSA) is 3.24 Å². The first-order valence-corrected chi connectivity index (χ1v) is 21.2. The van der Waals surface area contributed by atoms with Crippen LogP contribution in [0.2, 0.25) is 0 Å². The summed E-state index contributed by atoms with van der Waals surface area (Å²) in [5.41, 5.74) is 21.0. The van der Waals surface area contributed by atoms with Gasteiger partial charge >= 0.3 is 0 Å². The lowest BCUT2D eigenvalue weighted by Crippen LogP contribution is -2.31. The molecule has 0 saturated heterocycles. The minimum absolute atomic E-state index is 0.129. The van der Waals surface area contributed by atoms with Gasteiger partial charge in [0.2, 0.25) is 0 Å². The monoisotopic (exact) mass is 743 g/mol. The van der Waals surface area contributed by atoms with E-state index in [9.17, 15) is 0 Å². The van der Waals surface area contributed by atoms with Gasteiger partial charge in [0.15, 0.2) is 0 Å². The van der Waals surface area contributed by atoms with Crippen molar-refractivity contribution in [2.45, 2.75) is 43.4 Å². The zero-order chi connectivity index (χ0) is 38.4. The maximum Gasteiger partial charge on any atom is 0.0540 e. The van der Waals surface area contributed by atoms with Crippen LogP contribution in [-0.4, -0.2) is 0 Å². The van der Waals surface area contributed by atoms with Gasteiger partial charge in [-0.1, -0.05) is 170 Å². The second-order valence-corrected chi connectivity index (χ2v) is 17.4. The minimum Gasteiger partial charge on any atom is -0.310 e. The quantitative estimate of drug-likeness (QED) is 0.164. The number of benzene rings is 8. The van der Waals surface area contributed by atoms with E-state index in [4.69, 9.17) is 0 Å². The Labute approximate surface area is 342 Å². The van der Waals surface area contributed by atoms with Crippen LogP contribution in [0.4, 0.5) is 17.1 Å². The third-order valence-electron chi connectivity index (χ3n) is 14.6. The van der Waals surface area contributed by atoms with E-state index in [1.807, 2.05) is 0 Å². The molecule has 1 spiro atoms. The Kier molecular flexibility index (Phi) is 7.42. The second kappa shape index (κ2) is 12.8.